The minimum atomic E-state index is -0.563. The number of aliphatic imine (C=N–C) groups is 1. The third kappa shape index (κ3) is 5.52. The number of aryl methyl sites for hydroxylation is 1. The number of halogens is 3. The molecular formula is C18H26F2IN7. The number of nitrogens with zero attached hydrogens (tertiary/aromatic N) is 5. The van der Waals surface area contributed by atoms with Crippen molar-refractivity contribution in [1.82, 2.24) is 25.4 Å². The van der Waals surface area contributed by atoms with E-state index in [9.17, 15) is 8.78 Å². The third-order valence-electron chi connectivity index (χ3n) is 4.54. The predicted molar refractivity (Wildman–Crippen MR) is 116 cm³/mol. The second-order valence-electron chi connectivity index (χ2n) is 6.40. The first-order valence-electron chi connectivity index (χ1n) is 9.22. The summed E-state index contributed by atoms with van der Waals surface area (Å²) in [7, 11) is 0. The summed E-state index contributed by atoms with van der Waals surface area (Å²) in [6.07, 6.45) is 2.53. The van der Waals surface area contributed by atoms with E-state index in [4.69, 9.17) is 0 Å². The molecule has 1 fully saturated rings. The molecule has 1 aromatic heterocycles. The fourth-order valence-corrected chi connectivity index (χ4v) is 3.16. The van der Waals surface area contributed by atoms with Gasteiger partial charge in [0, 0.05) is 38.3 Å². The van der Waals surface area contributed by atoms with Crippen LogP contribution in [0.2, 0.25) is 0 Å². The summed E-state index contributed by atoms with van der Waals surface area (Å²) in [5.74, 6) is 0.396. The minimum absolute atomic E-state index is 0. The van der Waals surface area contributed by atoms with Crippen molar-refractivity contribution in [1.29, 1.82) is 0 Å². The van der Waals surface area contributed by atoms with E-state index in [0.29, 0.717) is 31.3 Å². The Morgan fingerprint density at radius 3 is 2.86 bits per heavy atom. The second kappa shape index (κ2) is 10.5. The number of guanidine groups is 1. The predicted octanol–water partition coefficient (Wildman–Crippen LogP) is 2.53. The molecule has 1 aliphatic heterocycles. The van der Waals surface area contributed by atoms with Crippen molar-refractivity contribution in [2.75, 3.05) is 24.5 Å². The summed E-state index contributed by atoms with van der Waals surface area (Å²) < 4.78 is 29.1. The first-order valence-corrected chi connectivity index (χ1v) is 9.22. The number of benzene rings is 1. The first-order chi connectivity index (χ1) is 13.1. The molecule has 0 aliphatic carbocycles. The lowest BCUT2D eigenvalue weighted by Crippen LogP contribution is -2.44. The van der Waals surface area contributed by atoms with Crippen LogP contribution in [-0.2, 0) is 13.1 Å². The normalized spacial score (nSPS) is 16.8. The van der Waals surface area contributed by atoms with E-state index in [2.05, 4.69) is 25.8 Å². The SMILES string of the molecule is CCNC(=NCc1nncn1CC)NC1CCN(c2ccc(F)cc2F)C1.I. The molecule has 1 unspecified atom stereocenters. The first kappa shape index (κ1) is 22.3. The van der Waals surface area contributed by atoms with Crippen molar-refractivity contribution < 1.29 is 8.78 Å². The summed E-state index contributed by atoms with van der Waals surface area (Å²) >= 11 is 0. The number of hydrogen-bond donors (Lipinski definition) is 2. The maximum absolute atomic E-state index is 14.0. The summed E-state index contributed by atoms with van der Waals surface area (Å²) in [5, 5.41) is 14.6. The molecule has 7 nitrogen and oxygen atoms in total. The maximum atomic E-state index is 14.0. The van der Waals surface area contributed by atoms with Gasteiger partial charge in [0.05, 0.1) is 5.69 Å². The minimum Gasteiger partial charge on any atom is -0.367 e. The van der Waals surface area contributed by atoms with E-state index >= 15 is 0 Å². The Morgan fingerprint density at radius 1 is 1.32 bits per heavy atom. The molecule has 1 aromatic carbocycles. The lowest BCUT2D eigenvalue weighted by atomic mass is 10.2. The molecule has 2 heterocycles. The highest BCUT2D eigenvalue weighted by Crippen LogP contribution is 2.24. The molecule has 0 saturated carbocycles. The van der Waals surface area contributed by atoms with Crippen molar-refractivity contribution >= 4 is 35.6 Å². The summed E-state index contributed by atoms with van der Waals surface area (Å²) in [6, 6.07) is 3.82. The summed E-state index contributed by atoms with van der Waals surface area (Å²) in [4.78, 5) is 6.50. The van der Waals surface area contributed by atoms with Crippen LogP contribution in [0, 0.1) is 11.6 Å². The van der Waals surface area contributed by atoms with E-state index < -0.39 is 11.6 Å². The van der Waals surface area contributed by atoms with Gasteiger partial charge < -0.3 is 20.1 Å². The molecular weight excluding hydrogens is 479 g/mol. The Bertz CT molecular complexity index is 796. The topological polar surface area (TPSA) is 70.4 Å². The number of rotatable bonds is 6. The van der Waals surface area contributed by atoms with Crippen molar-refractivity contribution in [3.63, 3.8) is 0 Å². The molecule has 1 aliphatic rings. The van der Waals surface area contributed by atoms with Gasteiger partial charge >= 0.3 is 0 Å². The molecule has 154 valence electrons. The Morgan fingerprint density at radius 2 is 2.14 bits per heavy atom. The van der Waals surface area contributed by atoms with Gasteiger partial charge in [-0.2, -0.15) is 0 Å². The highest BCUT2D eigenvalue weighted by Gasteiger charge is 2.25. The summed E-state index contributed by atoms with van der Waals surface area (Å²) in [6.45, 7) is 7.30. The molecule has 0 spiro atoms. The van der Waals surface area contributed by atoms with E-state index in [1.807, 2.05) is 23.3 Å². The number of nitrogens with one attached hydrogen (secondary N) is 2. The molecule has 28 heavy (non-hydrogen) atoms. The number of anilines is 1. The lowest BCUT2D eigenvalue weighted by molar-refractivity contribution is 0.580. The number of aromatic nitrogens is 3. The summed E-state index contributed by atoms with van der Waals surface area (Å²) in [5.41, 5.74) is 0.429. The second-order valence-corrected chi connectivity index (χ2v) is 6.40. The maximum Gasteiger partial charge on any atom is 0.191 e. The average Bonchev–Trinajstić information content (AvgIpc) is 3.29. The number of hydrogen-bond acceptors (Lipinski definition) is 4. The zero-order chi connectivity index (χ0) is 19.2. The van der Waals surface area contributed by atoms with Crippen molar-refractivity contribution in [3.8, 4) is 0 Å². The van der Waals surface area contributed by atoms with Gasteiger partial charge in [-0.25, -0.2) is 13.8 Å². The van der Waals surface area contributed by atoms with Crippen molar-refractivity contribution in [3.05, 3.63) is 42.0 Å². The average molecular weight is 505 g/mol. The van der Waals surface area contributed by atoms with Crippen LogP contribution in [0.5, 0.6) is 0 Å². The van der Waals surface area contributed by atoms with Gasteiger partial charge in [-0.15, -0.1) is 34.2 Å². The molecule has 0 radical (unpaired) electrons. The van der Waals surface area contributed by atoms with Gasteiger partial charge in [-0.3, -0.25) is 0 Å². The lowest BCUT2D eigenvalue weighted by Gasteiger charge is -2.21. The Hall–Kier alpha value is -1.98. The Balaban J connectivity index is 0.00000280. The molecule has 10 heteroatoms. The van der Waals surface area contributed by atoms with Crippen LogP contribution in [0.3, 0.4) is 0 Å². The molecule has 1 saturated heterocycles. The molecule has 1 atom stereocenters. The van der Waals surface area contributed by atoms with Crippen LogP contribution in [-0.4, -0.2) is 46.4 Å². The van der Waals surface area contributed by atoms with Crippen molar-refractivity contribution in [2.45, 2.75) is 39.4 Å². The van der Waals surface area contributed by atoms with Crippen LogP contribution >= 0.6 is 24.0 Å². The highest BCUT2D eigenvalue weighted by molar-refractivity contribution is 14.0. The van der Waals surface area contributed by atoms with E-state index in [1.54, 1.807) is 6.33 Å². The van der Waals surface area contributed by atoms with Gasteiger partial charge in [0.25, 0.3) is 0 Å². The van der Waals surface area contributed by atoms with Gasteiger partial charge in [-0.05, 0) is 32.4 Å². The van der Waals surface area contributed by atoms with Crippen LogP contribution in [0.4, 0.5) is 14.5 Å². The van der Waals surface area contributed by atoms with E-state index in [-0.39, 0.29) is 30.0 Å². The van der Waals surface area contributed by atoms with Gasteiger partial charge in [-0.1, -0.05) is 0 Å². The molecule has 2 N–H and O–H groups in total. The third-order valence-corrected chi connectivity index (χ3v) is 4.54. The highest BCUT2D eigenvalue weighted by atomic mass is 127. The van der Waals surface area contributed by atoms with Crippen LogP contribution < -0.4 is 15.5 Å². The van der Waals surface area contributed by atoms with Gasteiger partial charge in [0.15, 0.2) is 11.8 Å². The molecule has 0 bridgehead atoms. The fourth-order valence-electron chi connectivity index (χ4n) is 3.16. The zero-order valence-corrected chi connectivity index (χ0v) is 18.4. The Labute approximate surface area is 180 Å². The van der Waals surface area contributed by atoms with E-state index in [0.717, 1.165) is 31.4 Å². The van der Waals surface area contributed by atoms with Gasteiger partial charge in [0.2, 0.25) is 0 Å². The zero-order valence-electron chi connectivity index (χ0n) is 16.0. The largest absolute Gasteiger partial charge is 0.367 e. The van der Waals surface area contributed by atoms with Crippen LogP contribution in [0.15, 0.2) is 29.5 Å². The quantitative estimate of drug-likeness (QED) is 0.359. The molecule has 2 aromatic rings. The standard InChI is InChI=1S/C18H25F2N7.HI/c1-3-21-18(22-10-17-25-23-12-26(17)4-2)24-14-7-8-27(11-14)16-6-5-13(19)9-15(16)20;/h5-6,9,12,14H,3-4,7-8,10-11H2,1-2H3,(H2,21,22,24);1H. The molecule has 0 amide bonds. The smallest absolute Gasteiger partial charge is 0.191 e. The van der Waals surface area contributed by atoms with E-state index in [1.165, 1.54) is 12.1 Å². The van der Waals surface area contributed by atoms with Gasteiger partial charge in [0.1, 0.15) is 24.5 Å². The fraction of sp³-hybridized carbons (Fsp3) is 0.500. The van der Waals surface area contributed by atoms with Crippen molar-refractivity contribution in [2.24, 2.45) is 4.99 Å². The monoisotopic (exact) mass is 505 g/mol. The molecule has 3 rings (SSSR count). The van der Waals surface area contributed by atoms with Crippen LogP contribution in [0.1, 0.15) is 26.1 Å². The Kier molecular flexibility index (Phi) is 8.39. The van der Waals surface area contributed by atoms with Crippen LogP contribution in [0.25, 0.3) is 0 Å².